The van der Waals surface area contributed by atoms with Crippen molar-refractivity contribution in [1.29, 1.82) is 5.26 Å². The lowest BCUT2D eigenvalue weighted by molar-refractivity contribution is -0.0320. The van der Waals surface area contributed by atoms with Gasteiger partial charge in [-0.25, -0.2) is 8.42 Å². The summed E-state index contributed by atoms with van der Waals surface area (Å²) >= 11 is 0. The fourth-order valence-corrected chi connectivity index (χ4v) is 3.25. The molecule has 0 saturated carbocycles. The van der Waals surface area contributed by atoms with Gasteiger partial charge >= 0.3 is 0 Å². The highest BCUT2D eigenvalue weighted by atomic mass is 32.2. The van der Waals surface area contributed by atoms with Crippen molar-refractivity contribution in [2.75, 3.05) is 20.2 Å². The number of rotatable bonds is 3. The summed E-state index contributed by atoms with van der Waals surface area (Å²) in [5.74, 6) is 0. The molecule has 6 heteroatoms. The quantitative estimate of drug-likeness (QED) is 0.736. The smallest absolute Gasteiger partial charge is 0.230 e. The summed E-state index contributed by atoms with van der Waals surface area (Å²) in [5.41, 5.74) is -0.430. The second-order valence-electron chi connectivity index (χ2n) is 4.41. The van der Waals surface area contributed by atoms with Gasteiger partial charge in [-0.15, -0.1) is 0 Å². The van der Waals surface area contributed by atoms with Gasteiger partial charge < -0.3 is 4.74 Å². The molecule has 0 aromatic carbocycles. The molecule has 1 fully saturated rings. The monoisotopic (exact) mass is 246 g/mol. The molecule has 0 aromatic heterocycles. The highest BCUT2D eigenvalue weighted by Gasteiger charge is 2.38. The first kappa shape index (κ1) is 13.4. The lowest BCUT2D eigenvalue weighted by Crippen LogP contribution is -2.51. The van der Waals surface area contributed by atoms with Crippen LogP contribution in [0.3, 0.4) is 0 Å². The van der Waals surface area contributed by atoms with E-state index in [9.17, 15) is 8.42 Å². The van der Waals surface area contributed by atoms with Crippen molar-refractivity contribution in [3.63, 3.8) is 0 Å². The van der Waals surface area contributed by atoms with Gasteiger partial charge in [0.15, 0.2) is 5.25 Å². The molecule has 5 nitrogen and oxygen atoms in total. The standard InChI is InChI=1S/C10H18N2O3S/c1-9(7-11)16(13,14)12-6-4-5-10(2,8-12)15-3/h9H,4-6,8H2,1-3H3. The number of nitrogens with zero attached hydrogens (tertiary/aromatic N) is 2. The van der Waals surface area contributed by atoms with Gasteiger partial charge in [0.2, 0.25) is 10.0 Å². The molecule has 1 heterocycles. The van der Waals surface area contributed by atoms with Crippen molar-refractivity contribution < 1.29 is 13.2 Å². The Labute approximate surface area is 97.0 Å². The van der Waals surface area contributed by atoms with E-state index in [1.807, 2.05) is 6.92 Å². The molecule has 1 rings (SSSR count). The zero-order valence-corrected chi connectivity index (χ0v) is 10.7. The van der Waals surface area contributed by atoms with E-state index in [1.165, 1.54) is 11.2 Å². The summed E-state index contributed by atoms with van der Waals surface area (Å²) in [6.07, 6.45) is 1.61. The van der Waals surface area contributed by atoms with Crippen LogP contribution < -0.4 is 0 Å². The van der Waals surface area contributed by atoms with Crippen LogP contribution in [0.5, 0.6) is 0 Å². The van der Waals surface area contributed by atoms with Crippen molar-refractivity contribution in [3.05, 3.63) is 0 Å². The summed E-state index contributed by atoms with van der Waals surface area (Å²) in [7, 11) is -1.91. The molecule has 2 atom stereocenters. The third kappa shape index (κ3) is 2.54. The Balaban J connectivity index is 2.87. The molecule has 1 aliphatic heterocycles. The van der Waals surface area contributed by atoms with E-state index in [0.717, 1.165) is 12.8 Å². The van der Waals surface area contributed by atoms with E-state index in [0.29, 0.717) is 13.1 Å². The van der Waals surface area contributed by atoms with E-state index >= 15 is 0 Å². The maximum atomic E-state index is 12.0. The zero-order chi connectivity index (χ0) is 12.4. The largest absolute Gasteiger partial charge is 0.377 e. The summed E-state index contributed by atoms with van der Waals surface area (Å²) in [4.78, 5) is 0. The molecule has 2 unspecified atom stereocenters. The van der Waals surface area contributed by atoms with Crippen LogP contribution in [0.15, 0.2) is 0 Å². The number of sulfonamides is 1. The molecule has 0 bridgehead atoms. The molecule has 1 saturated heterocycles. The second-order valence-corrected chi connectivity index (χ2v) is 6.66. The number of hydrogen-bond donors (Lipinski definition) is 0. The predicted molar refractivity (Wildman–Crippen MR) is 60.2 cm³/mol. The molecule has 0 aliphatic carbocycles. The molecule has 0 amide bonds. The van der Waals surface area contributed by atoms with Crippen molar-refractivity contribution in [2.24, 2.45) is 0 Å². The van der Waals surface area contributed by atoms with Crippen LogP contribution in [0.1, 0.15) is 26.7 Å². The second kappa shape index (κ2) is 4.70. The molecule has 0 aromatic rings. The van der Waals surface area contributed by atoms with Crippen LogP contribution in [-0.2, 0) is 14.8 Å². The van der Waals surface area contributed by atoms with Gasteiger partial charge in [0.25, 0.3) is 0 Å². The Morgan fingerprint density at radius 1 is 1.56 bits per heavy atom. The van der Waals surface area contributed by atoms with Crippen LogP contribution >= 0.6 is 0 Å². The Morgan fingerprint density at radius 3 is 2.69 bits per heavy atom. The third-order valence-electron chi connectivity index (χ3n) is 3.11. The lowest BCUT2D eigenvalue weighted by Gasteiger charge is -2.38. The zero-order valence-electron chi connectivity index (χ0n) is 9.93. The first-order chi connectivity index (χ1) is 7.35. The number of nitriles is 1. The molecule has 16 heavy (non-hydrogen) atoms. The molecule has 0 spiro atoms. The number of methoxy groups -OCH3 is 1. The van der Waals surface area contributed by atoms with E-state index in [2.05, 4.69) is 0 Å². The predicted octanol–water partition coefficient (Wildman–Crippen LogP) is 0.729. The molecular formula is C10H18N2O3S. The van der Waals surface area contributed by atoms with Crippen molar-refractivity contribution in [3.8, 4) is 6.07 Å². The van der Waals surface area contributed by atoms with E-state index in [-0.39, 0.29) is 0 Å². The topological polar surface area (TPSA) is 70.4 Å². The summed E-state index contributed by atoms with van der Waals surface area (Å²) in [5, 5.41) is 7.71. The molecular weight excluding hydrogens is 228 g/mol. The maximum absolute atomic E-state index is 12.0. The van der Waals surface area contributed by atoms with Crippen LogP contribution in [0, 0.1) is 11.3 Å². The van der Waals surface area contributed by atoms with Crippen LogP contribution in [0.25, 0.3) is 0 Å². The van der Waals surface area contributed by atoms with Crippen LogP contribution in [0.4, 0.5) is 0 Å². The highest BCUT2D eigenvalue weighted by Crippen LogP contribution is 2.26. The molecule has 0 radical (unpaired) electrons. The van der Waals surface area contributed by atoms with Gasteiger partial charge in [-0.05, 0) is 26.7 Å². The summed E-state index contributed by atoms with van der Waals surface area (Å²) in [6, 6.07) is 1.78. The summed E-state index contributed by atoms with van der Waals surface area (Å²) < 4.78 is 30.6. The number of hydrogen-bond acceptors (Lipinski definition) is 4. The first-order valence-electron chi connectivity index (χ1n) is 5.29. The van der Waals surface area contributed by atoms with Crippen molar-refractivity contribution in [2.45, 2.75) is 37.5 Å². The third-order valence-corrected chi connectivity index (χ3v) is 5.14. The van der Waals surface area contributed by atoms with Gasteiger partial charge in [-0.2, -0.15) is 9.57 Å². The number of ether oxygens (including phenoxy) is 1. The lowest BCUT2D eigenvalue weighted by atomic mass is 9.96. The fraction of sp³-hybridized carbons (Fsp3) is 0.900. The van der Waals surface area contributed by atoms with Crippen molar-refractivity contribution in [1.82, 2.24) is 4.31 Å². The molecule has 1 aliphatic rings. The maximum Gasteiger partial charge on any atom is 0.230 e. The number of piperidine rings is 1. The van der Waals surface area contributed by atoms with Crippen molar-refractivity contribution >= 4 is 10.0 Å². The first-order valence-corrected chi connectivity index (χ1v) is 6.80. The Morgan fingerprint density at radius 2 is 2.19 bits per heavy atom. The van der Waals surface area contributed by atoms with Gasteiger partial charge in [0.1, 0.15) is 0 Å². The molecule has 92 valence electrons. The van der Waals surface area contributed by atoms with Crippen LogP contribution in [-0.4, -0.2) is 43.8 Å². The Kier molecular flexibility index (Phi) is 3.94. The SMILES string of the molecule is COC1(C)CCCN(S(=O)(=O)C(C)C#N)C1. The normalized spacial score (nSPS) is 29.6. The minimum Gasteiger partial charge on any atom is -0.377 e. The fourth-order valence-electron chi connectivity index (χ4n) is 1.83. The van der Waals surface area contributed by atoms with Crippen LogP contribution in [0.2, 0.25) is 0 Å². The van der Waals surface area contributed by atoms with Gasteiger partial charge in [-0.1, -0.05) is 0 Å². The Hall–Kier alpha value is -0.640. The van der Waals surface area contributed by atoms with Gasteiger partial charge in [-0.3, -0.25) is 0 Å². The van der Waals surface area contributed by atoms with Gasteiger partial charge in [0.05, 0.1) is 11.7 Å². The Bertz CT molecular complexity index is 387. The molecule has 0 N–H and O–H groups in total. The average molecular weight is 246 g/mol. The minimum atomic E-state index is -3.50. The van der Waals surface area contributed by atoms with Gasteiger partial charge in [0, 0.05) is 20.2 Å². The summed E-state index contributed by atoms with van der Waals surface area (Å²) in [6.45, 7) is 4.12. The average Bonchev–Trinajstić information content (AvgIpc) is 2.28. The van der Waals surface area contributed by atoms with E-state index in [4.69, 9.17) is 10.00 Å². The highest BCUT2D eigenvalue weighted by molar-refractivity contribution is 7.89. The minimum absolute atomic E-state index is 0.331. The van der Waals surface area contributed by atoms with E-state index < -0.39 is 20.9 Å². The van der Waals surface area contributed by atoms with E-state index in [1.54, 1.807) is 13.2 Å².